The molecule has 3 rings (SSSR count). The lowest BCUT2D eigenvalue weighted by Crippen LogP contribution is -2.43. The number of rotatable bonds is 6. The molecule has 0 unspecified atom stereocenters. The minimum Gasteiger partial charge on any atom is -0.352 e. The van der Waals surface area contributed by atoms with Crippen molar-refractivity contribution < 1.29 is 9.59 Å². The number of nitrogens with one attached hydrogen (secondary N) is 1. The molecule has 1 aromatic heterocycles. The monoisotopic (exact) mass is 407 g/mol. The fourth-order valence-electron chi connectivity index (χ4n) is 3.30. The van der Waals surface area contributed by atoms with E-state index < -0.39 is 11.2 Å². The maximum atomic E-state index is 13.3. The van der Waals surface area contributed by atoms with Crippen LogP contribution in [0.1, 0.15) is 43.1 Å². The Bertz CT molecular complexity index is 1250. The molecule has 0 bridgehead atoms. The van der Waals surface area contributed by atoms with Crippen LogP contribution in [-0.2, 0) is 11.3 Å². The van der Waals surface area contributed by atoms with Gasteiger partial charge in [-0.1, -0.05) is 30.7 Å². The number of Topliss-reactive ketones (excluding diaryl/α,β-unsaturated/α-hetero) is 1. The first-order valence-corrected chi connectivity index (χ1v) is 9.90. The minimum atomic E-state index is -0.628. The fraction of sp³-hybridized carbons (Fsp3) is 0.304. The van der Waals surface area contributed by atoms with Crippen molar-refractivity contribution in [2.75, 3.05) is 0 Å². The largest absolute Gasteiger partial charge is 0.352 e. The van der Waals surface area contributed by atoms with E-state index >= 15 is 0 Å². The molecule has 0 aliphatic rings. The Morgan fingerprint density at radius 3 is 2.50 bits per heavy atom. The third kappa shape index (κ3) is 4.10. The van der Waals surface area contributed by atoms with E-state index in [1.807, 2.05) is 20.8 Å². The summed E-state index contributed by atoms with van der Waals surface area (Å²) in [4.78, 5) is 50.8. The molecule has 0 spiro atoms. The summed E-state index contributed by atoms with van der Waals surface area (Å²) in [6.45, 7) is 6.90. The topological polar surface area (TPSA) is 90.2 Å². The number of carbonyl (C=O) groups is 2. The zero-order valence-corrected chi connectivity index (χ0v) is 17.6. The molecule has 1 amide bonds. The number of amides is 1. The second-order valence-electron chi connectivity index (χ2n) is 7.51. The molecule has 0 fully saturated rings. The van der Waals surface area contributed by atoms with Crippen LogP contribution in [0.2, 0.25) is 0 Å². The molecule has 156 valence electrons. The van der Waals surface area contributed by atoms with Crippen molar-refractivity contribution in [2.45, 2.75) is 46.7 Å². The molecule has 1 heterocycles. The Hall–Kier alpha value is -3.48. The molecular formula is C23H25N3O4. The van der Waals surface area contributed by atoms with Gasteiger partial charge in [-0.3, -0.25) is 19.0 Å². The lowest BCUT2D eigenvalue weighted by molar-refractivity contribution is -0.122. The number of aromatic nitrogens is 2. The van der Waals surface area contributed by atoms with Gasteiger partial charge in [0.1, 0.15) is 6.54 Å². The van der Waals surface area contributed by atoms with Gasteiger partial charge in [0.05, 0.1) is 16.6 Å². The Morgan fingerprint density at radius 2 is 1.83 bits per heavy atom. The van der Waals surface area contributed by atoms with Gasteiger partial charge < -0.3 is 5.32 Å². The van der Waals surface area contributed by atoms with E-state index in [-0.39, 0.29) is 30.0 Å². The maximum absolute atomic E-state index is 13.3. The van der Waals surface area contributed by atoms with Crippen molar-refractivity contribution in [3.8, 4) is 5.69 Å². The van der Waals surface area contributed by atoms with Crippen molar-refractivity contribution in [1.82, 2.24) is 14.5 Å². The number of aryl methyl sites for hydroxylation is 1. The number of benzene rings is 2. The average molecular weight is 407 g/mol. The number of hydrogen-bond acceptors (Lipinski definition) is 4. The third-order valence-electron chi connectivity index (χ3n) is 5.13. The summed E-state index contributed by atoms with van der Waals surface area (Å²) >= 11 is 0. The van der Waals surface area contributed by atoms with Crippen molar-refractivity contribution in [3.05, 3.63) is 74.4 Å². The SMILES string of the molecule is CC[C@H](C)NC(=O)Cn1c(=O)n(-c2cccc(C(C)=O)c2)c(=O)c2cc(C)ccc21. The molecule has 0 saturated heterocycles. The Balaban J connectivity index is 2.27. The van der Waals surface area contributed by atoms with Gasteiger partial charge in [-0.15, -0.1) is 0 Å². The number of nitrogens with zero attached hydrogens (tertiary/aromatic N) is 2. The van der Waals surface area contributed by atoms with Crippen LogP contribution in [0.4, 0.5) is 0 Å². The van der Waals surface area contributed by atoms with Gasteiger partial charge in [-0.05, 0) is 51.5 Å². The number of carbonyl (C=O) groups excluding carboxylic acids is 2. The predicted octanol–water partition coefficient (Wildman–Crippen LogP) is 2.58. The van der Waals surface area contributed by atoms with Crippen molar-refractivity contribution in [3.63, 3.8) is 0 Å². The fourth-order valence-corrected chi connectivity index (χ4v) is 3.30. The lowest BCUT2D eigenvalue weighted by atomic mass is 10.1. The summed E-state index contributed by atoms with van der Waals surface area (Å²) in [7, 11) is 0. The van der Waals surface area contributed by atoms with Gasteiger partial charge in [0.25, 0.3) is 5.56 Å². The van der Waals surface area contributed by atoms with Gasteiger partial charge >= 0.3 is 5.69 Å². The average Bonchev–Trinajstić information content (AvgIpc) is 2.71. The van der Waals surface area contributed by atoms with E-state index in [0.717, 1.165) is 16.6 Å². The minimum absolute atomic E-state index is 0.0279. The standard InChI is InChI=1S/C23H25N3O4/c1-5-15(3)24-21(28)13-25-20-10-9-14(2)11-19(20)22(29)26(23(25)30)18-8-6-7-17(12-18)16(4)27/h6-12,15H,5,13H2,1-4H3,(H,24,28)/t15-/m0/s1. The predicted molar refractivity (Wildman–Crippen MR) is 116 cm³/mol. The summed E-state index contributed by atoms with van der Waals surface area (Å²) in [5.41, 5.74) is 0.822. The van der Waals surface area contributed by atoms with Crippen LogP contribution >= 0.6 is 0 Å². The molecule has 7 heteroatoms. The van der Waals surface area contributed by atoms with Gasteiger partial charge in [0.2, 0.25) is 5.91 Å². The van der Waals surface area contributed by atoms with E-state index in [0.29, 0.717) is 16.5 Å². The summed E-state index contributed by atoms with van der Waals surface area (Å²) < 4.78 is 2.32. The highest BCUT2D eigenvalue weighted by molar-refractivity contribution is 5.94. The zero-order chi connectivity index (χ0) is 22.0. The molecule has 2 aromatic carbocycles. The molecule has 30 heavy (non-hydrogen) atoms. The van der Waals surface area contributed by atoms with E-state index in [1.54, 1.807) is 36.4 Å². The van der Waals surface area contributed by atoms with Gasteiger partial charge in [-0.25, -0.2) is 9.36 Å². The van der Waals surface area contributed by atoms with E-state index in [9.17, 15) is 19.2 Å². The second kappa shape index (κ2) is 8.49. The van der Waals surface area contributed by atoms with E-state index in [4.69, 9.17) is 0 Å². The molecule has 1 atom stereocenters. The first-order chi connectivity index (χ1) is 14.2. The summed E-state index contributed by atoms with van der Waals surface area (Å²) in [6.07, 6.45) is 0.762. The first-order valence-electron chi connectivity index (χ1n) is 9.90. The molecule has 0 radical (unpaired) electrons. The van der Waals surface area contributed by atoms with Gasteiger partial charge in [0.15, 0.2) is 5.78 Å². The quantitative estimate of drug-likeness (QED) is 0.636. The van der Waals surface area contributed by atoms with Crippen LogP contribution in [0.3, 0.4) is 0 Å². The van der Waals surface area contributed by atoms with Crippen LogP contribution < -0.4 is 16.6 Å². The molecule has 3 aromatic rings. The molecule has 0 saturated carbocycles. The zero-order valence-electron chi connectivity index (χ0n) is 17.6. The molecular weight excluding hydrogens is 382 g/mol. The van der Waals surface area contributed by atoms with E-state index in [1.165, 1.54) is 17.6 Å². The summed E-state index contributed by atoms with van der Waals surface area (Å²) in [5.74, 6) is -0.481. The van der Waals surface area contributed by atoms with Gasteiger partial charge in [-0.2, -0.15) is 0 Å². The Labute approximate surface area is 174 Å². The number of fused-ring (bicyclic) bond motifs is 1. The smallest absolute Gasteiger partial charge is 0.336 e. The highest BCUT2D eigenvalue weighted by Gasteiger charge is 2.18. The van der Waals surface area contributed by atoms with Crippen LogP contribution in [0, 0.1) is 6.92 Å². The molecule has 0 aliphatic carbocycles. The third-order valence-corrected chi connectivity index (χ3v) is 5.13. The van der Waals surface area contributed by atoms with Crippen LogP contribution in [0.15, 0.2) is 52.1 Å². The van der Waals surface area contributed by atoms with Crippen molar-refractivity contribution in [1.29, 1.82) is 0 Å². The molecule has 1 N–H and O–H groups in total. The maximum Gasteiger partial charge on any atom is 0.336 e. The molecule has 7 nitrogen and oxygen atoms in total. The van der Waals surface area contributed by atoms with Crippen LogP contribution in [0.25, 0.3) is 16.6 Å². The Morgan fingerprint density at radius 1 is 1.10 bits per heavy atom. The normalized spacial score (nSPS) is 12.0. The van der Waals surface area contributed by atoms with E-state index in [2.05, 4.69) is 5.32 Å². The number of hydrogen-bond donors (Lipinski definition) is 1. The van der Waals surface area contributed by atoms with Crippen molar-refractivity contribution in [2.24, 2.45) is 0 Å². The lowest BCUT2D eigenvalue weighted by Gasteiger charge is -2.16. The summed E-state index contributed by atoms with van der Waals surface area (Å²) in [5, 5.41) is 3.18. The summed E-state index contributed by atoms with van der Waals surface area (Å²) in [6, 6.07) is 11.5. The van der Waals surface area contributed by atoms with Crippen LogP contribution in [-0.4, -0.2) is 26.9 Å². The first kappa shape index (κ1) is 21.2. The number of ketones is 1. The molecule has 0 aliphatic heterocycles. The van der Waals surface area contributed by atoms with Crippen molar-refractivity contribution >= 4 is 22.6 Å². The Kier molecular flexibility index (Phi) is 6.01. The van der Waals surface area contributed by atoms with Crippen LogP contribution in [0.5, 0.6) is 0 Å². The van der Waals surface area contributed by atoms with Gasteiger partial charge in [0, 0.05) is 11.6 Å². The second-order valence-corrected chi connectivity index (χ2v) is 7.51. The highest BCUT2D eigenvalue weighted by Crippen LogP contribution is 2.14. The highest BCUT2D eigenvalue weighted by atomic mass is 16.2.